The Balaban J connectivity index is 0.994. The molecule has 4 aromatic carbocycles. The molecule has 432 valence electrons. The van der Waals surface area contributed by atoms with E-state index in [-0.39, 0.29) is 67.5 Å². The van der Waals surface area contributed by atoms with E-state index in [0.717, 1.165) is 17.3 Å². The van der Waals surface area contributed by atoms with Crippen molar-refractivity contribution >= 4 is 74.9 Å². The van der Waals surface area contributed by atoms with E-state index in [4.69, 9.17) is 16.1 Å². The maximum absolute atomic E-state index is 15.0. The molecule has 8 rings (SSSR count). The van der Waals surface area contributed by atoms with Crippen LogP contribution in [0.4, 0.5) is 5.69 Å². The molecule has 6 aromatic rings. The molecule has 2 aromatic heterocycles. The Labute approximate surface area is 472 Å². The van der Waals surface area contributed by atoms with Crippen LogP contribution < -0.4 is 38.1 Å². The van der Waals surface area contributed by atoms with Crippen molar-refractivity contribution in [1.82, 2.24) is 51.7 Å². The maximum atomic E-state index is 15.0. The summed E-state index contributed by atoms with van der Waals surface area (Å²) in [5.41, 5.74) is 14.8. The van der Waals surface area contributed by atoms with Crippen LogP contribution in [0.3, 0.4) is 0 Å². The van der Waals surface area contributed by atoms with Crippen molar-refractivity contribution in [1.29, 1.82) is 0 Å². The molecule has 0 radical (unpaired) electrons. The second-order valence-corrected chi connectivity index (χ2v) is 20.9. The number of unbranched alkanes of at least 4 members (excludes halogenated alkanes) is 1. The molecule has 2 aliphatic rings. The monoisotopic (exact) mass is 1120 g/mol. The predicted molar refractivity (Wildman–Crippen MR) is 301 cm³/mol. The SMILES string of the molecule is CCCC[C@H](NC(=O)[C@@H]1CCCN1C(=O)[C@@H]1CCCN1C(=O)[C@H](Cc1ccccc1)NC(=O)[C@H](Cc1c[nH]c2ccccc12)NC(=O)[C@H](C)NC(=O)[C@H](CCCC(N)c1ccc([N+](=O)[O-])c2nonc12)NC(=O)c1ccccc1)C(N)=O. The number of rotatable bonds is 26. The van der Waals surface area contributed by atoms with Gasteiger partial charge in [-0.25, -0.2) is 4.63 Å². The van der Waals surface area contributed by atoms with E-state index in [2.05, 4.69) is 41.9 Å². The molecule has 0 saturated carbocycles. The summed E-state index contributed by atoms with van der Waals surface area (Å²) in [6.45, 7) is 3.84. The second kappa shape index (κ2) is 27.4. The highest BCUT2D eigenvalue weighted by molar-refractivity contribution is 6.00. The number of carbonyl (C=O) groups is 8. The van der Waals surface area contributed by atoms with Crippen LogP contribution in [0.25, 0.3) is 21.9 Å². The fraction of sp³-hybridized carbons (Fsp3) is 0.414. The third-order valence-electron chi connectivity index (χ3n) is 15.2. The number of nitrogens with one attached hydrogen (secondary N) is 6. The second-order valence-electron chi connectivity index (χ2n) is 20.9. The number of H-pyrrole nitrogens is 1. The van der Waals surface area contributed by atoms with Gasteiger partial charge in [0, 0.05) is 66.3 Å². The summed E-state index contributed by atoms with van der Waals surface area (Å²) < 4.78 is 4.80. The van der Waals surface area contributed by atoms with Crippen molar-refractivity contribution in [3.63, 3.8) is 0 Å². The van der Waals surface area contributed by atoms with Crippen LogP contribution in [0.15, 0.2) is 108 Å². The van der Waals surface area contributed by atoms with Crippen LogP contribution in [0, 0.1) is 10.1 Å². The van der Waals surface area contributed by atoms with Gasteiger partial charge in [-0.1, -0.05) is 86.5 Å². The number of amides is 8. The molecule has 1 unspecified atom stereocenters. The molecule has 4 heterocycles. The number of nitro groups is 1. The van der Waals surface area contributed by atoms with Crippen molar-refractivity contribution in [2.24, 2.45) is 11.5 Å². The number of nitrogens with zero attached hydrogens (tertiary/aromatic N) is 5. The van der Waals surface area contributed by atoms with Gasteiger partial charge in [0.05, 0.1) is 4.92 Å². The summed E-state index contributed by atoms with van der Waals surface area (Å²) in [7, 11) is 0. The van der Waals surface area contributed by atoms with Gasteiger partial charge in [-0.15, -0.1) is 0 Å². The van der Waals surface area contributed by atoms with Gasteiger partial charge in [0.1, 0.15) is 47.8 Å². The predicted octanol–water partition coefficient (Wildman–Crippen LogP) is 3.68. The number of aromatic amines is 1. The molecule has 24 heteroatoms. The smallest absolute Gasteiger partial charge is 0.300 e. The summed E-state index contributed by atoms with van der Waals surface area (Å²) in [4.78, 5) is 130. The lowest BCUT2D eigenvalue weighted by molar-refractivity contribution is -0.383. The van der Waals surface area contributed by atoms with E-state index in [1.54, 1.807) is 60.8 Å². The van der Waals surface area contributed by atoms with Crippen molar-refractivity contribution < 1.29 is 47.9 Å². The van der Waals surface area contributed by atoms with Gasteiger partial charge in [0.15, 0.2) is 0 Å². The first-order valence-electron chi connectivity index (χ1n) is 27.7. The largest absolute Gasteiger partial charge is 0.368 e. The van der Waals surface area contributed by atoms with Crippen LogP contribution >= 0.6 is 0 Å². The first-order chi connectivity index (χ1) is 39.5. The molecule has 0 bridgehead atoms. The highest BCUT2D eigenvalue weighted by Gasteiger charge is 2.44. The molecule has 10 N–H and O–H groups in total. The number of hydrogen-bond acceptors (Lipinski definition) is 14. The Bertz CT molecular complexity index is 3280. The number of para-hydroxylation sites is 1. The summed E-state index contributed by atoms with van der Waals surface area (Å²) >= 11 is 0. The number of primary amides is 1. The Kier molecular flexibility index (Phi) is 19.7. The lowest BCUT2D eigenvalue weighted by atomic mass is 9.98. The number of carbonyl (C=O) groups excluding carboxylic acids is 8. The third kappa shape index (κ3) is 14.3. The Morgan fingerprint density at radius 3 is 2.07 bits per heavy atom. The van der Waals surface area contributed by atoms with Crippen LogP contribution in [0.1, 0.15) is 111 Å². The summed E-state index contributed by atoms with van der Waals surface area (Å²) in [5, 5.41) is 33.9. The van der Waals surface area contributed by atoms with Gasteiger partial charge in [0.25, 0.3) is 5.91 Å². The Morgan fingerprint density at radius 1 is 0.707 bits per heavy atom. The quantitative estimate of drug-likeness (QED) is 0.0284. The zero-order valence-corrected chi connectivity index (χ0v) is 45.7. The zero-order valence-electron chi connectivity index (χ0n) is 45.7. The molecule has 8 amide bonds. The first-order valence-corrected chi connectivity index (χ1v) is 27.7. The summed E-state index contributed by atoms with van der Waals surface area (Å²) in [6.07, 6.45) is 5.66. The fourth-order valence-corrected chi connectivity index (χ4v) is 10.8. The van der Waals surface area contributed by atoms with Gasteiger partial charge in [-0.05, 0) is 104 Å². The molecule has 0 spiro atoms. The molecule has 0 aliphatic carbocycles. The van der Waals surface area contributed by atoms with Crippen LogP contribution in [0.5, 0.6) is 0 Å². The number of likely N-dealkylation sites (tertiary alicyclic amines) is 2. The molecule has 8 atom stereocenters. The van der Waals surface area contributed by atoms with Gasteiger partial charge in [-0.3, -0.25) is 48.5 Å². The van der Waals surface area contributed by atoms with Crippen LogP contribution in [0.2, 0.25) is 0 Å². The highest BCUT2D eigenvalue weighted by Crippen LogP contribution is 2.31. The number of non-ortho nitro benzene ring substituents is 1. The fourth-order valence-electron chi connectivity index (χ4n) is 10.8. The molecule has 2 saturated heterocycles. The summed E-state index contributed by atoms with van der Waals surface area (Å²) in [6, 6.07) is 18.8. The number of nitrogens with two attached hydrogens (primary N) is 2. The standard InChI is InChI=1S/C58H69N13O11/c1-3-4-22-42(51(60)72)63-56(77)47-25-14-29-69(47)58(79)48-26-15-30-70(48)57(78)45(31-35-16-7-5-8-17-35)66-55(76)44(32-37-33-61-41-23-12-11-20-38(37)41)65-52(73)34(2)62-54(75)43(64-53(74)36-18-9-6-10-19-36)24-13-21-40(59)39-27-28-46(71(80)81)50-49(39)67-82-68-50/h5-12,16-20,23,27-28,33-34,40,42-45,47-48,61H,3-4,13-15,21-22,24-26,29-32,59H2,1-2H3,(H2,60,72)(H,62,75)(H,63,77)(H,64,74)(H,65,73)(H,66,76)/t34-,40?,42-,43-,44-,45-,47-,48-/m0/s1. The minimum atomic E-state index is -1.33. The van der Waals surface area contributed by atoms with Crippen molar-refractivity contribution in [2.75, 3.05) is 13.1 Å². The third-order valence-corrected chi connectivity index (χ3v) is 15.2. The number of aromatic nitrogens is 3. The van der Waals surface area contributed by atoms with Gasteiger partial charge in [-0.2, -0.15) is 0 Å². The molecule has 2 aliphatic heterocycles. The molecule has 2 fully saturated rings. The van der Waals surface area contributed by atoms with Gasteiger partial charge < -0.3 is 52.8 Å². The minimum absolute atomic E-state index is 0.0146. The highest BCUT2D eigenvalue weighted by atomic mass is 16.6. The molecule has 24 nitrogen and oxygen atoms in total. The van der Waals surface area contributed by atoms with E-state index in [0.29, 0.717) is 55.2 Å². The Morgan fingerprint density at radius 2 is 1.35 bits per heavy atom. The molecular weight excluding hydrogens is 1050 g/mol. The van der Waals surface area contributed by atoms with E-state index < -0.39 is 101 Å². The van der Waals surface area contributed by atoms with E-state index in [1.165, 1.54) is 28.9 Å². The average Bonchev–Trinajstić information content (AvgIpc) is 4.52. The number of nitro benzene ring substituents is 1. The number of benzene rings is 4. The van der Waals surface area contributed by atoms with Crippen molar-refractivity contribution in [3.8, 4) is 0 Å². The van der Waals surface area contributed by atoms with E-state index >= 15 is 4.79 Å². The normalized spacial score (nSPS) is 17.3. The average molecular weight is 1120 g/mol. The lowest BCUT2D eigenvalue weighted by Gasteiger charge is -2.33. The van der Waals surface area contributed by atoms with E-state index in [1.807, 2.05) is 37.3 Å². The van der Waals surface area contributed by atoms with Gasteiger partial charge in [0.2, 0.25) is 46.9 Å². The van der Waals surface area contributed by atoms with Gasteiger partial charge >= 0.3 is 5.69 Å². The maximum Gasteiger partial charge on any atom is 0.300 e. The zero-order chi connectivity index (χ0) is 58.5. The first kappa shape index (κ1) is 59.1. The lowest BCUT2D eigenvalue weighted by Crippen LogP contribution is -2.60. The summed E-state index contributed by atoms with van der Waals surface area (Å²) in [5.74, 6) is -4.89. The number of hydrogen-bond donors (Lipinski definition) is 8. The number of fused-ring (bicyclic) bond motifs is 2. The van der Waals surface area contributed by atoms with Crippen LogP contribution in [-0.2, 0) is 46.4 Å². The van der Waals surface area contributed by atoms with Crippen molar-refractivity contribution in [3.05, 3.63) is 136 Å². The van der Waals surface area contributed by atoms with Crippen molar-refractivity contribution in [2.45, 2.75) is 139 Å². The van der Waals surface area contributed by atoms with E-state index in [9.17, 15) is 43.7 Å². The Hall–Kier alpha value is -9.06. The molecular formula is C58H69N13O11. The van der Waals surface area contributed by atoms with Crippen LogP contribution in [-0.4, -0.2) is 133 Å². The molecule has 82 heavy (non-hydrogen) atoms. The minimum Gasteiger partial charge on any atom is -0.368 e. The topological polar surface area (TPSA) is 353 Å².